The zero-order chi connectivity index (χ0) is 25.8. The molecule has 1 amide bonds. The number of carbonyl (C=O) groups is 2. The van der Waals surface area contributed by atoms with Gasteiger partial charge in [0, 0.05) is 25.2 Å². The summed E-state index contributed by atoms with van der Waals surface area (Å²) in [5.41, 5.74) is 4.88. The van der Waals surface area contributed by atoms with Crippen LogP contribution in [0.3, 0.4) is 0 Å². The minimum Gasteiger partial charge on any atom is -0.388 e. The van der Waals surface area contributed by atoms with Crippen molar-refractivity contribution in [1.29, 1.82) is 0 Å². The highest BCUT2D eigenvalue weighted by molar-refractivity contribution is 5.83. The monoisotopic (exact) mass is 483 g/mol. The van der Waals surface area contributed by atoms with Crippen molar-refractivity contribution < 1.29 is 14.0 Å². The number of piperidine rings is 1. The highest BCUT2D eigenvalue weighted by Crippen LogP contribution is 2.32. The van der Waals surface area contributed by atoms with Crippen LogP contribution in [0.15, 0.2) is 42.5 Å². The molecule has 1 aliphatic rings. The Hall–Kier alpha value is -2.73. The number of likely N-dealkylation sites (tertiary alicyclic amines) is 1. The normalized spacial score (nSPS) is 15.2. The van der Waals surface area contributed by atoms with Crippen molar-refractivity contribution in [2.24, 2.45) is 5.92 Å². The van der Waals surface area contributed by atoms with Crippen LogP contribution in [0.5, 0.6) is 0 Å². The van der Waals surface area contributed by atoms with Crippen LogP contribution < -0.4 is 10.6 Å². The van der Waals surface area contributed by atoms with Crippen LogP contribution in [-0.2, 0) is 9.59 Å². The van der Waals surface area contributed by atoms with E-state index in [0.717, 1.165) is 37.9 Å². The summed E-state index contributed by atoms with van der Waals surface area (Å²) in [5, 5.41) is 6.27. The lowest BCUT2D eigenvalue weighted by Crippen LogP contribution is -2.36. The van der Waals surface area contributed by atoms with Gasteiger partial charge in [-0.05, 0) is 99.6 Å². The van der Waals surface area contributed by atoms with Gasteiger partial charge in [-0.1, -0.05) is 32.0 Å². The molecule has 1 saturated heterocycles. The molecule has 0 aromatic heterocycles. The number of nitrogens with one attached hydrogen (secondary N) is 2. The number of nitrogens with zero attached hydrogens (tertiary/aromatic N) is 1. The van der Waals surface area contributed by atoms with Crippen LogP contribution in [-0.4, -0.2) is 50.3 Å². The van der Waals surface area contributed by atoms with E-state index in [2.05, 4.69) is 40.7 Å². The zero-order valence-electron chi connectivity index (χ0n) is 21.9. The van der Waals surface area contributed by atoms with Gasteiger partial charge >= 0.3 is 0 Å². The largest absolute Gasteiger partial charge is 0.388 e. The number of hydrogen-bond donors (Lipinski definition) is 2. The summed E-state index contributed by atoms with van der Waals surface area (Å²) in [6.45, 7) is 11.7. The van der Waals surface area contributed by atoms with E-state index in [1.807, 2.05) is 27.8 Å². The summed E-state index contributed by atoms with van der Waals surface area (Å²) in [6.07, 6.45) is 4.23. The molecule has 192 valence electrons. The molecule has 2 N–H and O–H groups in total. The van der Waals surface area contributed by atoms with Gasteiger partial charge in [0.1, 0.15) is 12.1 Å². The van der Waals surface area contributed by atoms with Gasteiger partial charge in [0.2, 0.25) is 5.91 Å². The van der Waals surface area contributed by atoms with Gasteiger partial charge in [-0.25, -0.2) is 4.39 Å². The minimum absolute atomic E-state index is 0.000192. The first-order valence-corrected chi connectivity index (χ1v) is 12.7. The van der Waals surface area contributed by atoms with E-state index in [4.69, 9.17) is 0 Å². The summed E-state index contributed by atoms with van der Waals surface area (Å²) in [5.74, 6) is 0.291. The third-order valence-corrected chi connectivity index (χ3v) is 6.58. The molecule has 1 fully saturated rings. The maximum Gasteiger partial charge on any atom is 0.227 e. The average molecular weight is 484 g/mol. The molecule has 2 aromatic carbocycles. The molecule has 0 spiro atoms. The van der Waals surface area contributed by atoms with Crippen LogP contribution in [0.2, 0.25) is 0 Å². The second kappa shape index (κ2) is 14.6. The summed E-state index contributed by atoms with van der Waals surface area (Å²) < 4.78 is 13.0. The number of carbonyl (C=O) groups excluding carboxylic acids is 2. The second-order valence-electron chi connectivity index (χ2n) is 9.74. The minimum atomic E-state index is -0.278. The van der Waals surface area contributed by atoms with E-state index in [1.165, 1.54) is 41.8 Å². The van der Waals surface area contributed by atoms with Gasteiger partial charge in [0.25, 0.3) is 0 Å². The first-order valence-electron chi connectivity index (χ1n) is 12.7. The van der Waals surface area contributed by atoms with Gasteiger partial charge in [0.15, 0.2) is 0 Å². The Morgan fingerprint density at radius 2 is 1.74 bits per heavy atom. The van der Waals surface area contributed by atoms with E-state index < -0.39 is 0 Å². The maximum atomic E-state index is 13.0. The Morgan fingerprint density at radius 1 is 1.11 bits per heavy atom. The SMILES string of the molecule is CC(C)C=O.CNc1ccc(C)c(C2CCN(CCCNC(=O)C(C)c3ccc(F)cc3)CC2)c1. The maximum absolute atomic E-state index is 13.0. The fourth-order valence-corrected chi connectivity index (χ4v) is 4.27. The van der Waals surface area contributed by atoms with Crippen molar-refractivity contribution in [2.45, 2.75) is 58.8 Å². The van der Waals surface area contributed by atoms with Crippen molar-refractivity contribution in [3.63, 3.8) is 0 Å². The van der Waals surface area contributed by atoms with Crippen LogP contribution in [0.25, 0.3) is 0 Å². The Bertz CT molecular complexity index is 922. The summed E-state index contributed by atoms with van der Waals surface area (Å²) >= 11 is 0. The van der Waals surface area contributed by atoms with Crippen molar-refractivity contribution in [2.75, 3.05) is 38.5 Å². The summed E-state index contributed by atoms with van der Waals surface area (Å²) in [7, 11) is 1.97. The fourth-order valence-electron chi connectivity index (χ4n) is 4.27. The molecular formula is C29H42FN3O2. The van der Waals surface area contributed by atoms with E-state index in [1.54, 1.807) is 12.1 Å². The van der Waals surface area contributed by atoms with Crippen molar-refractivity contribution in [1.82, 2.24) is 10.2 Å². The molecule has 5 nitrogen and oxygen atoms in total. The van der Waals surface area contributed by atoms with E-state index >= 15 is 0 Å². The molecule has 0 bridgehead atoms. The molecule has 3 rings (SSSR count). The highest BCUT2D eigenvalue weighted by Gasteiger charge is 2.22. The van der Waals surface area contributed by atoms with Gasteiger partial charge in [-0.3, -0.25) is 4.79 Å². The Balaban J connectivity index is 0.000000784. The second-order valence-corrected chi connectivity index (χ2v) is 9.74. The number of benzene rings is 2. The predicted molar refractivity (Wildman–Crippen MR) is 142 cm³/mol. The van der Waals surface area contributed by atoms with Crippen LogP contribution >= 0.6 is 0 Å². The number of rotatable bonds is 9. The number of aryl methyl sites for hydroxylation is 1. The van der Waals surface area contributed by atoms with Gasteiger partial charge < -0.3 is 20.3 Å². The number of aldehydes is 1. The highest BCUT2D eigenvalue weighted by atomic mass is 19.1. The van der Waals surface area contributed by atoms with E-state index in [-0.39, 0.29) is 23.6 Å². The molecule has 35 heavy (non-hydrogen) atoms. The first-order chi connectivity index (χ1) is 16.7. The number of anilines is 1. The number of amides is 1. The molecule has 1 heterocycles. The summed E-state index contributed by atoms with van der Waals surface area (Å²) in [4.78, 5) is 24.3. The molecule has 1 aliphatic heterocycles. The predicted octanol–water partition coefficient (Wildman–Crippen LogP) is 5.51. The summed E-state index contributed by atoms with van der Waals surface area (Å²) in [6, 6.07) is 12.8. The smallest absolute Gasteiger partial charge is 0.227 e. The molecule has 1 unspecified atom stereocenters. The third kappa shape index (κ3) is 9.44. The van der Waals surface area contributed by atoms with E-state index in [9.17, 15) is 14.0 Å². The van der Waals surface area contributed by atoms with Crippen LogP contribution in [0.4, 0.5) is 10.1 Å². The van der Waals surface area contributed by atoms with Crippen LogP contribution in [0, 0.1) is 18.7 Å². The Labute approximate surface area is 210 Å². The van der Waals surface area contributed by atoms with Gasteiger partial charge in [-0.2, -0.15) is 0 Å². The van der Waals surface area contributed by atoms with Gasteiger partial charge in [0.05, 0.1) is 5.92 Å². The lowest BCUT2D eigenvalue weighted by molar-refractivity contribution is -0.122. The Kier molecular flexibility index (Phi) is 11.9. The molecule has 0 radical (unpaired) electrons. The molecule has 0 aliphatic carbocycles. The first kappa shape index (κ1) is 28.5. The topological polar surface area (TPSA) is 61.4 Å². The lowest BCUT2D eigenvalue weighted by Gasteiger charge is -2.33. The van der Waals surface area contributed by atoms with Gasteiger partial charge in [-0.15, -0.1) is 0 Å². The van der Waals surface area contributed by atoms with Crippen molar-refractivity contribution in [3.05, 3.63) is 65.0 Å². The molecular weight excluding hydrogens is 441 g/mol. The molecule has 2 aromatic rings. The standard InChI is InChI=1S/C25H34FN3O.C4H8O/c1-18-5-10-23(27-3)17-24(18)21-11-15-29(16-12-21)14-4-13-28-25(30)19(2)20-6-8-22(26)9-7-20;1-4(2)3-5/h5-10,17,19,21,27H,4,11-16H2,1-3H3,(H,28,30);3-4H,1-2H3. The molecule has 6 heteroatoms. The number of hydrogen-bond acceptors (Lipinski definition) is 4. The molecule has 1 atom stereocenters. The average Bonchev–Trinajstić information content (AvgIpc) is 2.87. The molecule has 0 saturated carbocycles. The quantitative estimate of drug-likeness (QED) is 0.365. The Morgan fingerprint density at radius 3 is 2.31 bits per heavy atom. The number of halogens is 1. The van der Waals surface area contributed by atoms with Crippen molar-refractivity contribution in [3.8, 4) is 0 Å². The lowest BCUT2D eigenvalue weighted by atomic mass is 9.86. The van der Waals surface area contributed by atoms with Crippen LogP contribution in [0.1, 0.15) is 68.6 Å². The van der Waals surface area contributed by atoms with Crippen molar-refractivity contribution >= 4 is 17.9 Å². The fraction of sp³-hybridized carbons (Fsp3) is 0.517. The van der Waals surface area contributed by atoms with E-state index in [0.29, 0.717) is 12.5 Å². The zero-order valence-corrected chi connectivity index (χ0v) is 21.9. The third-order valence-electron chi connectivity index (χ3n) is 6.58.